The van der Waals surface area contributed by atoms with Crippen molar-refractivity contribution in [3.63, 3.8) is 0 Å². The number of unbranched alkanes of at least 4 members (excludes halogenated alkanes) is 1. The highest BCUT2D eigenvalue weighted by Crippen LogP contribution is 2.27. The van der Waals surface area contributed by atoms with Crippen molar-refractivity contribution in [2.75, 3.05) is 6.54 Å². The van der Waals surface area contributed by atoms with Crippen LogP contribution in [0.15, 0.2) is 18.2 Å². The van der Waals surface area contributed by atoms with Gasteiger partial charge in [0.2, 0.25) is 0 Å². The van der Waals surface area contributed by atoms with Crippen molar-refractivity contribution < 1.29 is 0 Å². The van der Waals surface area contributed by atoms with Crippen LogP contribution in [0.5, 0.6) is 0 Å². The molecule has 0 saturated heterocycles. The first-order valence-corrected chi connectivity index (χ1v) is 7.13. The fraction of sp³-hybridized carbons (Fsp3) is 0.571. The zero-order chi connectivity index (χ0) is 12.7. The molecule has 1 atom stereocenters. The van der Waals surface area contributed by atoms with Crippen LogP contribution in [0.25, 0.3) is 0 Å². The smallest absolute Gasteiger partial charge is 0.0595 e. The fourth-order valence-corrected chi connectivity index (χ4v) is 2.15. The molecule has 1 aromatic rings. The number of nitrogens with one attached hydrogen (secondary N) is 1. The van der Waals surface area contributed by atoms with Crippen LogP contribution in [0.3, 0.4) is 0 Å². The largest absolute Gasteiger partial charge is 0.310 e. The lowest BCUT2D eigenvalue weighted by Crippen LogP contribution is -2.22. The van der Waals surface area contributed by atoms with E-state index in [4.69, 9.17) is 23.2 Å². The van der Waals surface area contributed by atoms with E-state index in [1.807, 2.05) is 12.1 Å². The molecule has 0 heterocycles. The zero-order valence-electron chi connectivity index (χ0n) is 10.6. The lowest BCUT2D eigenvalue weighted by atomic mass is 10.0. The molecule has 0 aliphatic carbocycles. The van der Waals surface area contributed by atoms with Crippen LogP contribution >= 0.6 is 23.2 Å². The van der Waals surface area contributed by atoms with Crippen molar-refractivity contribution in [2.24, 2.45) is 0 Å². The summed E-state index contributed by atoms with van der Waals surface area (Å²) in [4.78, 5) is 0. The number of benzene rings is 1. The highest BCUT2D eigenvalue weighted by Gasteiger charge is 2.11. The minimum Gasteiger partial charge on any atom is -0.310 e. The standard InChI is InChI=1S/C14H21Cl2N/c1-3-5-6-14(17-9-4-2)11-7-8-12(15)13(16)10-11/h7-8,10,14,17H,3-6,9H2,1-2H3. The Morgan fingerprint density at radius 3 is 2.47 bits per heavy atom. The average Bonchev–Trinajstić information content (AvgIpc) is 2.33. The summed E-state index contributed by atoms with van der Waals surface area (Å²) in [6.07, 6.45) is 4.73. The third-order valence-corrected chi connectivity index (χ3v) is 3.57. The summed E-state index contributed by atoms with van der Waals surface area (Å²) in [6.45, 7) is 5.43. The number of hydrogen-bond acceptors (Lipinski definition) is 1. The van der Waals surface area contributed by atoms with Crippen molar-refractivity contribution >= 4 is 23.2 Å². The SMILES string of the molecule is CCCCC(NCCC)c1ccc(Cl)c(Cl)c1. The van der Waals surface area contributed by atoms with Gasteiger partial charge in [-0.2, -0.15) is 0 Å². The molecule has 0 aromatic heterocycles. The van der Waals surface area contributed by atoms with Crippen LogP contribution in [0.1, 0.15) is 51.1 Å². The number of rotatable bonds is 7. The molecule has 1 aromatic carbocycles. The fourth-order valence-electron chi connectivity index (χ4n) is 1.84. The molecule has 1 unspecified atom stereocenters. The van der Waals surface area contributed by atoms with E-state index in [0.29, 0.717) is 16.1 Å². The molecule has 3 heteroatoms. The van der Waals surface area contributed by atoms with E-state index in [-0.39, 0.29) is 0 Å². The molecule has 0 spiro atoms. The first-order chi connectivity index (χ1) is 8.19. The van der Waals surface area contributed by atoms with E-state index in [0.717, 1.165) is 19.4 Å². The summed E-state index contributed by atoms with van der Waals surface area (Å²) in [6, 6.07) is 6.32. The maximum Gasteiger partial charge on any atom is 0.0595 e. The molecule has 96 valence electrons. The van der Waals surface area contributed by atoms with Gasteiger partial charge >= 0.3 is 0 Å². The van der Waals surface area contributed by atoms with Crippen molar-refractivity contribution in [1.29, 1.82) is 0 Å². The van der Waals surface area contributed by atoms with Crippen LogP contribution in [0.2, 0.25) is 10.0 Å². The molecular weight excluding hydrogens is 253 g/mol. The molecule has 0 amide bonds. The first kappa shape index (κ1) is 14.8. The summed E-state index contributed by atoms with van der Waals surface area (Å²) in [5.41, 5.74) is 1.24. The highest BCUT2D eigenvalue weighted by atomic mass is 35.5. The van der Waals surface area contributed by atoms with Crippen molar-refractivity contribution in [3.8, 4) is 0 Å². The Hall–Kier alpha value is -0.240. The second kappa shape index (κ2) is 7.97. The summed E-state index contributed by atoms with van der Waals surface area (Å²) in [5, 5.41) is 4.83. The monoisotopic (exact) mass is 273 g/mol. The van der Waals surface area contributed by atoms with Crippen molar-refractivity contribution in [2.45, 2.75) is 45.6 Å². The van der Waals surface area contributed by atoms with Gasteiger partial charge in [-0.3, -0.25) is 0 Å². The summed E-state index contributed by atoms with van der Waals surface area (Å²) in [5.74, 6) is 0. The van der Waals surface area contributed by atoms with Gasteiger partial charge in [0, 0.05) is 6.04 Å². The minimum atomic E-state index is 0.393. The molecular formula is C14H21Cl2N. The Balaban J connectivity index is 2.75. The normalized spacial score (nSPS) is 12.7. The third kappa shape index (κ3) is 4.87. The van der Waals surface area contributed by atoms with E-state index < -0.39 is 0 Å². The molecule has 0 aliphatic rings. The predicted octanol–water partition coefficient (Wildman–Crippen LogP) is 5.22. The minimum absolute atomic E-state index is 0.393. The Morgan fingerprint density at radius 1 is 1.12 bits per heavy atom. The van der Waals surface area contributed by atoms with Gasteiger partial charge in [-0.25, -0.2) is 0 Å². The zero-order valence-corrected chi connectivity index (χ0v) is 12.1. The van der Waals surface area contributed by atoms with Gasteiger partial charge in [0.25, 0.3) is 0 Å². The van der Waals surface area contributed by atoms with Crippen LogP contribution in [-0.2, 0) is 0 Å². The first-order valence-electron chi connectivity index (χ1n) is 6.37. The van der Waals surface area contributed by atoms with Crippen LogP contribution in [-0.4, -0.2) is 6.54 Å². The molecule has 0 fully saturated rings. The van der Waals surface area contributed by atoms with E-state index in [1.165, 1.54) is 18.4 Å². The molecule has 0 aliphatic heterocycles. The second-order valence-corrected chi connectivity index (χ2v) is 5.14. The highest BCUT2D eigenvalue weighted by molar-refractivity contribution is 6.42. The summed E-state index contributed by atoms with van der Waals surface area (Å²) in [7, 11) is 0. The average molecular weight is 274 g/mol. The molecule has 1 nitrogen and oxygen atoms in total. The van der Waals surface area contributed by atoms with E-state index in [9.17, 15) is 0 Å². The predicted molar refractivity (Wildman–Crippen MR) is 77.0 cm³/mol. The molecule has 0 bridgehead atoms. The van der Waals surface area contributed by atoms with Gasteiger partial charge in [0.15, 0.2) is 0 Å². The van der Waals surface area contributed by atoms with Gasteiger partial charge in [-0.05, 0) is 37.1 Å². The van der Waals surface area contributed by atoms with E-state index in [1.54, 1.807) is 0 Å². The molecule has 0 saturated carbocycles. The van der Waals surface area contributed by atoms with Crippen LogP contribution < -0.4 is 5.32 Å². The Labute approximate surface area is 115 Å². The third-order valence-electron chi connectivity index (χ3n) is 2.83. The molecule has 17 heavy (non-hydrogen) atoms. The summed E-state index contributed by atoms with van der Waals surface area (Å²) >= 11 is 12.0. The van der Waals surface area contributed by atoms with E-state index in [2.05, 4.69) is 25.2 Å². The van der Waals surface area contributed by atoms with Gasteiger partial charge in [0.05, 0.1) is 10.0 Å². The quantitative estimate of drug-likeness (QED) is 0.718. The van der Waals surface area contributed by atoms with Gasteiger partial charge in [-0.1, -0.05) is 56.0 Å². The Bertz CT molecular complexity index is 331. The van der Waals surface area contributed by atoms with Crippen LogP contribution in [0, 0.1) is 0 Å². The van der Waals surface area contributed by atoms with Crippen molar-refractivity contribution in [3.05, 3.63) is 33.8 Å². The number of hydrogen-bond donors (Lipinski definition) is 1. The topological polar surface area (TPSA) is 12.0 Å². The van der Waals surface area contributed by atoms with Gasteiger partial charge in [0.1, 0.15) is 0 Å². The molecule has 0 radical (unpaired) electrons. The lowest BCUT2D eigenvalue weighted by molar-refractivity contribution is 0.481. The van der Waals surface area contributed by atoms with Crippen LogP contribution in [0.4, 0.5) is 0 Å². The Kier molecular flexibility index (Phi) is 6.94. The van der Waals surface area contributed by atoms with Crippen molar-refractivity contribution in [1.82, 2.24) is 5.32 Å². The maximum atomic E-state index is 6.07. The number of halogens is 2. The van der Waals surface area contributed by atoms with Gasteiger partial charge < -0.3 is 5.32 Å². The molecule has 1 rings (SSSR count). The maximum absolute atomic E-state index is 6.07. The second-order valence-electron chi connectivity index (χ2n) is 4.32. The van der Waals surface area contributed by atoms with E-state index >= 15 is 0 Å². The lowest BCUT2D eigenvalue weighted by Gasteiger charge is -2.19. The summed E-state index contributed by atoms with van der Waals surface area (Å²) < 4.78 is 0. The Morgan fingerprint density at radius 2 is 1.88 bits per heavy atom. The molecule has 1 N–H and O–H groups in total. The van der Waals surface area contributed by atoms with Gasteiger partial charge in [-0.15, -0.1) is 0 Å².